The maximum atomic E-state index is 3.70. The summed E-state index contributed by atoms with van der Waals surface area (Å²) >= 11 is 0. The summed E-state index contributed by atoms with van der Waals surface area (Å²) in [6.45, 7) is 25.9. The Bertz CT molecular complexity index is 52.1. The van der Waals surface area contributed by atoms with Crippen LogP contribution in [0.2, 0.25) is 0 Å². The van der Waals surface area contributed by atoms with Crippen molar-refractivity contribution in [2.75, 3.05) is 13.3 Å². The van der Waals surface area contributed by atoms with E-state index in [2.05, 4.69) is 68.5 Å². The molecule has 104 valence electrons. The summed E-state index contributed by atoms with van der Waals surface area (Å²) in [7, 11) is 0.130. The number of hydrogen-bond donors (Lipinski definition) is 0. The summed E-state index contributed by atoms with van der Waals surface area (Å²) in [5.41, 5.74) is 0. The van der Waals surface area contributed by atoms with Crippen LogP contribution >= 0.6 is 7.92 Å². The Balaban J connectivity index is -0.0000000230. The van der Waals surface area contributed by atoms with Gasteiger partial charge < -0.3 is 25.4 Å². The van der Waals surface area contributed by atoms with Crippen molar-refractivity contribution < 1.29 is 65.4 Å². The van der Waals surface area contributed by atoms with Crippen molar-refractivity contribution in [3.8, 4) is 0 Å². The van der Waals surface area contributed by atoms with E-state index in [0.29, 0.717) is 0 Å². The molecule has 0 aliphatic carbocycles. The average molecular weight is 410 g/mol. The van der Waals surface area contributed by atoms with Crippen molar-refractivity contribution in [2.45, 2.75) is 54.9 Å². The molecule has 0 aliphatic rings. The van der Waals surface area contributed by atoms with E-state index in [4.69, 9.17) is 0 Å². The molecule has 2 radical (unpaired) electrons. The average Bonchev–Trinajstić information content (AvgIpc) is 1.81. The van der Waals surface area contributed by atoms with Gasteiger partial charge in [-0.25, -0.2) is 0 Å². The Morgan fingerprint density at radius 2 is 0.824 bits per heavy atom. The van der Waals surface area contributed by atoms with E-state index in [1.54, 1.807) is 0 Å². The summed E-state index contributed by atoms with van der Waals surface area (Å²) in [5, 5.41) is 0. The molecule has 0 fully saturated rings. The summed E-state index contributed by atoms with van der Waals surface area (Å²) in [6, 6.07) is 0. The predicted octanol–water partition coefficient (Wildman–Crippen LogP) is 5.99. The third-order valence-corrected chi connectivity index (χ3v) is 0. The first-order valence-electron chi connectivity index (χ1n) is 5.42. The van der Waals surface area contributed by atoms with Gasteiger partial charge in [-0.1, -0.05) is 20.3 Å². The molecule has 0 aromatic heterocycles. The van der Waals surface area contributed by atoms with E-state index < -0.39 is 0 Å². The molecule has 0 saturated heterocycles. The van der Waals surface area contributed by atoms with Gasteiger partial charge in [0.05, 0.1) is 0 Å². The summed E-state index contributed by atoms with van der Waals surface area (Å²) in [5.74, 6) is 2.83. The van der Waals surface area contributed by atoms with Crippen LogP contribution < -0.4 is 0 Å². The molecule has 0 N–H and O–H groups in total. The minimum absolute atomic E-state index is 0. The Labute approximate surface area is 165 Å². The molecule has 0 spiro atoms. The molecule has 0 bridgehead atoms. The topological polar surface area (TPSA) is 0 Å². The Kier molecular flexibility index (Phi) is 78.3. The van der Waals surface area contributed by atoms with Gasteiger partial charge in [-0.3, -0.25) is 7.92 Å². The molecule has 0 unspecified atom stereocenters. The minimum Gasteiger partial charge on any atom is -0.344 e. The van der Waals surface area contributed by atoms with Crippen LogP contribution in [-0.4, -0.2) is 13.3 Å². The molecule has 0 aromatic carbocycles. The van der Waals surface area contributed by atoms with Crippen molar-refractivity contribution in [3.63, 3.8) is 0 Å². The van der Waals surface area contributed by atoms with Gasteiger partial charge in [-0.15, -0.1) is 0 Å². The van der Waals surface area contributed by atoms with Gasteiger partial charge >= 0.3 is 0 Å². The van der Waals surface area contributed by atoms with Crippen LogP contribution in [0.3, 0.4) is 0 Å². The van der Waals surface area contributed by atoms with Crippen LogP contribution in [0.4, 0.5) is 0 Å². The van der Waals surface area contributed by atoms with Crippen molar-refractivity contribution >= 4 is 7.92 Å². The zero-order valence-electron chi connectivity index (χ0n) is 13.7. The van der Waals surface area contributed by atoms with Crippen molar-refractivity contribution in [1.82, 2.24) is 0 Å². The van der Waals surface area contributed by atoms with E-state index in [-0.39, 0.29) is 73.3 Å². The first-order chi connectivity index (χ1) is 6.61. The van der Waals surface area contributed by atoms with Gasteiger partial charge in [-0.05, 0) is 0 Å². The summed E-state index contributed by atoms with van der Waals surface area (Å²) in [6.07, 6.45) is 1.00. The largest absolute Gasteiger partial charge is 0.344 e. The molecule has 0 aromatic rings. The van der Waals surface area contributed by atoms with Crippen molar-refractivity contribution in [1.29, 1.82) is 0 Å². The van der Waals surface area contributed by atoms with Gasteiger partial charge in [0.15, 0.2) is 0 Å². The van der Waals surface area contributed by atoms with Crippen LogP contribution in [0, 0.1) is 25.4 Å². The molecule has 0 heterocycles. The molecular formula is C14H33PY2-4. The fourth-order valence-electron chi connectivity index (χ4n) is 0. The second-order valence-corrected chi connectivity index (χ2v) is 6.74. The van der Waals surface area contributed by atoms with Gasteiger partial charge in [0, 0.05) is 65.4 Å². The Hall–Kier alpha value is 2.64. The van der Waals surface area contributed by atoms with Crippen LogP contribution in [0.15, 0.2) is 0 Å². The first-order valence-corrected chi connectivity index (χ1v) is 7.84. The van der Waals surface area contributed by atoms with E-state index in [9.17, 15) is 0 Å². The molecule has 0 nitrogen and oxygen atoms in total. The van der Waals surface area contributed by atoms with Crippen LogP contribution in [-0.2, 0) is 65.4 Å². The van der Waals surface area contributed by atoms with Crippen molar-refractivity contribution in [2.24, 2.45) is 0 Å². The third-order valence-electron chi connectivity index (χ3n) is 0. The smallest absolute Gasteiger partial charge is 0 e. The summed E-state index contributed by atoms with van der Waals surface area (Å²) in [4.78, 5) is 0. The standard InChI is InChI=1S/2C4H9.C3H8P.C3H7.2Y/c3*1-4(2)3;1-3-2;;/h2*1-3H3;1H2,2-3H3;1,3H2,2H3;;/q4*-1;;. The zero-order chi connectivity index (χ0) is 13.4. The van der Waals surface area contributed by atoms with Crippen LogP contribution in [0.1, 0.15) is 54.9 Å². The third kappa shape index (κ3) is 741. The maximum absolute atomic E-state index is 3.70. The molecule has 0 amide bonds. The SMILES string of the molecule is C[C-](C)C.C[C-](C)C.[CH2-]CC.[CH2-]P(C)C.[Y].[Y]. The van der Waals surface area contributed by atoms with E-state index >= 15 is 0 Å². The van der Waals surface area contributed by atoms with E-state index in [0.717, 1.165) is 6.42 Å². The summed E-state index contributed by atoms with van der Waals surface area (Å²) < 4.78 is 0. The molecule has 17 heavy (non-hydrogen) atoms. The minimum atomic E-state index is 0. The van der Waals surface area contributed by atoms with Gasteiger partial charge in [0.2, 0.25) is 0 Å². The van der Waals surface area contributed by atoms with Gasteiger partial charge in [0.25, 0.3) is 0 Å². The Morgan fingerprint density at radius 1 is 0.824 bits per heavy atom. The molecule has 0 saturated carbocycles. The fourth-order valence-corrected chi connectivity index (χ4v) is 0. The molecular weight excluding hydrogens is 377 g/mol. The van der Waals surface area contributed by atoms with Crippen LogP contribution in [0.25, 0.3) is 0 Å². The zero-order valence-corrected chi connectivity index (χ0v) is 20.3. The van der Waals surface area contributed by atoms with Crippen LogP contribution in [0.5, 0.6) is 0 Å². The van der Waals surface area contributed by atoms with Crippen molar-refractivity contribution in [3.05, 3.63) is 25.4 Å². The molecule has 0 aliphatic heterocycles. The normalized spacial score (nSPS) is 7.41. The number of hydrogen-bond acceptors (Lipinski definition) is 0. The molecule has 3 heteroatoms. The second kappa shape index (κ2) is 36.3. The number of rotatable bonds is 0. The monoisotopic (exact) mass is 410 g/mol. The predicted molar refractivity (Wildman–Crippen MR) is 80.3 cm³/mol. The second-order valence-electron chi connectivity index (χ2n) is 4.58. The van der Waals surface area contributed by atoms with Gasteiger partial charge in [-0.2, -0.15) is 48.0 Å². The van der Waals surface area contributed by atoms with E-state index in [1.165, 1.54) is 11.8 Å². The van der Waals surface area contributed by atoms with Gasteiger partial charge in [0.1, 0.15) is 0 Å². The molecule has 0 rings (SSSR count). The first kappa shape index (κ1) is 36.7. The Morgan fingerprint density at radius 3 is 0.824 bits per heavy atom. The maximum Gasteiger partial charge on any atom is 0 e. The quantitative estimate of drug-likeness (QED) is 0.340. The van der Waals surface area contributed by atoms with E-state index in [1.807, 2.05) is 6.92 Å². The fraction of sp³-hybridized carbons (Fsp3) is 0.714. The molecule has 0 atom stereocenters.